The zero-order valence-electron chi connectivity index (χ0n) is 20.3. The van der Waals surface area contributed by atoms with Crippen molar-refractivity contribution >= 4 is 49.5 Å². The zero-order chi connectivity index (χ0) is 24.4. The van der Waals surface area contributed by atoms with Crippen LogP contribution < -0.4 is 0 Å². The summed E-state index contributed by atoms with van der Waals surface area (Å²) < 4.78 is 12.5. The molecule has 0 unspecified atom stereocenters. The van der Waals surface area contributed by atoms with Gasteiger partial charge in [0, 0.05) is 22.9 Å². The Hall–Kier alpha value is -2.55. The first-order valence-corrected chi connectivity index (χ1v) is 13.8. The molecule has 0 bridgehead atoms. The van der Waals surface area contributed by atoms with E-state index in [4.69, 9.17) is 14.5 Å². The number of fused-ring (bicyclic) bond motifs is 5. The maximum absolute atomic E-state index is 12.2. The van der Waals surface area contributed by atoms with Crippen molar-refractivity contribution in [3.8, 4) is 11.3 Å². The van der Waals surface area contributed by atoms with Crippen LogP contribution in [0.2, 0.25) is 0 Å². The Morgan fingerprint density at radius 2 is 2.00 bits per heavy atom. The number of rotatable bonds is 8. The molecule has 4 heterocycles. The molecule has 0 spiro atoms. The summed E-state index contributed by atoms with van der Waals surface area (Å²) in [5.41, 5.74) is 5.06. The van der Waals surface area contributed by atoms with Gasteiger partial charge < -0.3 is 9.47 Å². The third-order valence-corrected chi connectivity index (χ3v) is 8.35. The predicted octanol–water partition coefficient (Wildman–Crippen LogP) is 6.58. The number of hydrogen-bond donors (Lipinski definition) is 0. The Kier molecular flexibility index (Phi) is 7.05. The summed E-state index contributed by atoms with van der Waals surface area (Å²) in [7, 11) is 0. The van der Waals surface area contributed by atoms with Crippen LogP contribution >= 0.6 is 23.1 Å². The molecule has 1 aromatic carbocycles. The van der Waals surface area contributed by atoms with Crippen LogP contribution in [0.15, 0.2) is 41.7 Å². The van der Waals surface area contributed by atoms with Gasteiger partial charge in [-0.1, -0.05) is 61.9 Å². The SMILES string of the molecule is CCCCCOC(=O)CSc1ncnc2c1sc1nc(-c3ccccc3)c3c(c12)CC(C)(C)OC3. The second kappa shape index (κ2) is 10.2. The van der Waals surface area contributed by atoms with Crippen LogP contribution in [0.1, 0.15) is 51.2 Å². The third kappa shape index (κ3) is 5.06. The highest BCUT2D eigenvalue weighted by Gasteiger charge is 2.32. The van der Waals surface area contributed by atoms with Gasteiger partial charge in [0.1, 0.15) is 16.2 Å². The number of esters is 1. The molecule has 4 aromatic rings. The molecule has 0 saturated carbocycles. The Balaban J connectivity index is 1.55. The fraction of sp³-hybridized carbons (Fsp3) is 0.407. The van der Waals surface area contributed by atoms with Crippen molar-refractivity contribution in [2.45, 2.75) is 63.7 Å². The molecule has 5 rings (SSSR count). The molecule has 1 aliphatic rings. The maximum atomic E-state index is 12.2. The molecule has 0 N–H and O–H groups in total. The molecule has 0 radical (unpaired) electrons. The van der Waals surface area contributed by atoms with Gasteiger partial charge in [0.2, 0.25) is 0 Å². The van der Waals surface area contributed by atoms with Crippen molar-refractivity contribution in [1.82, 2.24) is 15.0 Å². The molecule has 1 aliphatic heterocycles. The van der Waals surface area contributed by atoms with Crippen molar-refractivity contribution in [2.75, 3.05) is 12.4 Å². The van der Waals surface area contributed by atoms with E-state index in [-0.39, 0.29) is 17.3 Å². The summed E-state index contributed by atoms with van der Waals surface area (Å²) in [6.45, 7) is 7.38. The minimum absolute atomic E-state index is 0.209. The predicted molar refractivity (Wildman–Crippen MR) is 142 cm³/mol. The molecule has 0 saturated heterocycles. The minimum atomic E-state index is -0.268. The van der Waals surface area contributed by atoms with E-state index in [9.17, 15) is 4.79 Å². The van der Waals surface area contributed by atoms with Crippen molar-refractivity contribution in [1.29, 1.82) is 0 Å². The lowest BCUT2D eigenvalue weighted by Crippen LogP contribution is -2.32. The normalized spacial score (nSPS) is 14.8. The average Bonchev–Trinajstić information content (AvgIpc) is 3.24. The number of carbonyl (C=O) groups excluding carboxylic acids is 1. The van der Waals surface area contributed by atoms with Crippen molar-refractivity contribution in [2.24, 2.45) is 0 Å². The molecule has 35 heavy (non-hydrogen) atoms. The first-order valence-electron chi connectivity index (χ1n) is 12.0. The lowest BCUT2D eigenvalue weighted by Gasteiger charge is -2.33. The van der Waals surface area contributed by atoms with Gasteiger partial charge in [-0.3, -0.25) is 4.79 Å². The summed E-state index contributed by atoms with van der Waals surface area (Å²) in [5, 5.41) is 1.88. The van der Waals surface area contributed by atoms with E-state index in [1.807, 2.05) is 18.2 Å². The van der Waals surface area contributed by atoms with Gasteiger partial charge in [-0.05, 0) is 25.8 Å². The van der Waals surface area contributed by atoms with E-state index >= 15 is 0 Å². The molecular weight excluding hydrogens is 478 g/mol. The minimum Gasteiger partial charge on any atom is -0.465 e. The van der Waals surface area contributed by atoms with Crippen LogP contribution in [0, 0.1) is 0 Å². The monoisotopic (exact) mass is 507 g/mol. The molecule has 0 fully saturated rings. The number of carbonyl (C=O) groups is 1. The summed E-state index contributed by atoms with van der Waals surface area (Å²) in [6.07, 6.45) is 5.44. The lowest BCUT2D eigenvalue weighted by atomic mass is 9.88. The van der Waals surface area contributed by atoms with E-state index in [1.165, 1.54) is 17.3 Å². The summed E-state index contributed by atoms with van der Waals surface area (Å²) in [6, 6.07) is 10.3. The molecule has 0 aliphatic carbocycles. The highest BCUT2D eigenvalue weighted by Crippen LogP contribution is 2.44. The number of hydrogen-bond acceptors (Lipinski definition) is 8. The van der Waals surface area contributed by atoms with E-state index in [0.717, 1.165) is 68.0 Å². The van der Waals surface area contributed by atoms with Crippen LogP contribution in [0.5, 0.6) is 0 Å². The van der Waals surface area contributed by atoms with Crippen LogP contribution in [0.25, 0.3) is 31.7 Å². The van der Waals surface area contributed by atoms with Crippen molar-refractivity contribution < 1.29 is 14.3 Å². The number of nitrogens with zero attached hydrogens (tertiary/aromatic N) is 3. The highest BCUT2D eigenvalue weighted by molar-refractivity contribution is 8.00. The van der Waals surface area contributed by atoms with E-state index in [1.54, 1.807) is 17.7 Å². The number of ether oxygens (including phenoxy) is 2. The van der Waals surface area contributed by atoms with E-state index < -0.39 is 0 Å². The standard InChI is InChI=1S/C27H29N3O3S2/c1-4-5-9-12-32-20(31)15-34-26-24-23(28-16-29-26)21-18-13-27(2,3)33-14-19(18)22(30-25(21)35-24)17-10-7-6-8-11-17/h6-8,10-11,16H,4-5,9,12-15H2,1-3H3. The largest absolute Gasteiger partial charge is 0.465 e. The van der Waals surface area contributed by atoms with Crippen LogP contribution in [0.3, 0.4) is 0 Å². The maximum Gasteiger partial charge on any atom is 0.316 e. The molecule has 182 valence electrons. The molecule has 0 amide bonds. The highest BCUT2D eigenvalue weighted by atomic mass is 32.2. The number of thiophene rings is 1. The molecule has 3 aromatic heterocycles. The van der Waals surface area contributed by atoms with E-state index in [2.05, 4.69) is 42.9 Å². The first kappa shape index (κ1) is 24.2. The summed E-state index contributed by atoms with van der Waals surface area (Å²) in [4.78, 5) is 27.5. The fourth-order valence-corrected chi connectivity index (χ4v) is 6.46. The fourth-order valence-electron chi connectivity index (χ4n) is 4.43. The molecule has 6 nitrogen and oxygen atoms in total. The first-order chi connectivity index (χ1) is 17.0. The van der Waals surface area contributed by atoms with Crippen LogP contribution in [-0.4, -0.2) is 38.9 Å². The number of unbranched alkanes of at least 4 members (excludes halogenated alkanes) is 2. The van der Waals surface area contributed by atoms with Gasteiger partial charge in [0.15, 0.2) is 0 Å². The van der Waals surface area contributed by atoms with Gasteiger partial charge in [-0.25, -0.2) is 15.0 Å². The quantitative estimate of drug-likeness (QED) is 0.115. The van der Waals surface area contributed by atoms with E-state index in [0.29, 0.717) is 13.2 Å². The van der Waals surface area contributed by atoms with Gasteiger partial charge in [0.25, 0.3) is 0 Å². The summed E-state index contributed by atoms with van der Waals surface area (Å²) in [5.74, 6) is 0.0217. The number of aromatic nitrogens is 3. The Bertz CT molecular complexity index is 1370. The Morgan fingerprint density at radius 3 is 2.80 bits per heavy atom. The van der Waals surface area contributed by atoms with Crippen molar-refractivity contribution in [3.05, 3.63) is 47.8 Å². The Labute approximate surface area is 213 Å². The second-order valence-corrected chi connectivity index (χ2v) is 11.3. The number of thioether (sulfide) groups is 1. The number of benzene rings is 1. The van der Waals surface area contributed by atoms with Gasteiger partial charge in [-0.2, -0.15) is 0 Å². The molecular formula is C27H29N3O3S2. The van der Waals surface area contributed by atoms with Gasteiger partial charge >= 0.3 is 5.97 Å². The lowest BCUT2D eigenvalue weighted by molar-refractivity contribution is -0.140. The van der Waals surface area contributed by atoms with Gasteiger partial charge in [-0.15, -0.1) is 11.3 Å². The Morgan fingerprint density at radius 1 is 1.17 bits per heavy atom. The summed E-state index contributed by atoms with van der Waals surface area (Å²) >= 11 is 3.00. The third-order valence-electron chi connectivity index (χ3n) is 6.18. The van der Waals surface area contributed by atoms with Gasteiger partial charge in [0.05, 0.1) is 40.5 Å². The second-order valence-electron chi connectivity index (χ2n) is 9.36. The topological polar surface area (TPSA) is 74.2 Å². The number of pyridine rings is 1. The molecule has 8 heteroatoms. The average molecular weight is 508 g/mol. The van der Waals surface area contributed by atoms with Crippen LogP contribution in [-0.2, 0) is 27.3 Å². The molecule has 0 atom stereocenters. The van der Waals surface area contributed by atoms with Crippen molar-refractivity contribution in [3.63, 3.8) is 0 Å². The zero-order valence-corrected chi connectivity index (χ0v) is 21.9. The smallest absolute Gasteiger partial charge is 0.316 e. The van der Waals surface area contributed by atoms with Crippen LogP contribution in [0.4, 0.5) is 0 Å².